The van der Waals surface area contributed by atoms with Crippen LogP contribution in [0.3, 0.4) is 0 Å². The highest BCUT2D eigenvalue weighted by Crippen LogP contribution is 2.22. The number of nitrogens with zero attached hydrogens (tertiary/aromatic N) is 4. The molecule has 4 nitrogen and oxygen atoms in total. The number of likely N-dealkylation sites (tertiary alicyclic amines) is 1. The van der Waals surface area contributed by atoms with Gasteiger partial charge >= 0.3 is 0 Å². The van der Waals surface area contributed by atoms with Gasteiger partial charge in [-0.3, -0.25) is 9.88 Å². The lowest BCUT2D eigenvalue weighted by atomic mass is 9.97. The molecule has 2 aromatic rings. The van der Waals surface area contributed by atoms with E-state index >= 15 is 0 Å². The number of rotatable bonds is 6. The maximum absolute atomic E-state index is 4.67. The molecule has 0 bridgehead atoms. The van der Waals surface area contributed by atoms with Gasteiger partial charge in [-0.05, 0) is 50.4 Å². The molecule has 122 valence electrons. The highest BCUT2D eigenvalue weighted by molar-refractivity contribution is 5.05. The second-order valence-corrected chi connectivity index (χ2v) is 6.30. The lowest BCUT2D eigenvalue weighted by molar-refractivity contribution is 0.130. The molecule has 3 heterocycles. The van der Waals surface area contributed by atoms with Gasteiger partial charge in [0.15, 0.2) is 0 Å². The minimum Gasteiger partial charge on any atom is -0.295 e. The summed E-state index contributed by atoms with van der Waals surface area (Å²) in [7, 11) is 0. The van der Waals surface area contributed by atoms with Crippen LogP contribution in [-0.4, -0.2) is 32.4 Å². The van der Waals surface area contributed by atoms with Crippen LogP contribution in [0.4, 0.5) is 0 Å². The molecule has 4 heteroatoms. The molecule has 3 rings (SSSR count). The van der Waals surface area contributed by atoms with Crippen LogP contribution in [0.2, 0.25) is 0 Å². The van der Waals surface area contributed by atoms with Crippen molar-refractivity contribution in [2.75, 3.05) is 6.54 Å². The first-order valence-corrected chi connectivity index (χ1v) is 8.80. The molecule has 2 aromatic heterocycles. The number of hydrogen-bond acceptors (Lipinski definition) is 4. The minimum absolute atomic E-state index is 0.644. The molecular formula is C19H26N4. The first kappa shape index (κ1) is 16.1. The Bertz CT molecular complexity index is 599. The van der Waals surface area contributed by atoms with E-state index in [2.05, 4.69) is 45.0 Å². The summed E-state index contributed by atoms with van der Waals surface area (Å²) in [6, 6.07) is 8.89. The summed E-state index contributed by atoms with van der Waals surface area (Å²) < 4.78 is 0. The quantitative estimate of drug-likeness (QED) is 0.820. The van der Waals surface area contributed by atoms with Crippen LogP contribution in [0.25, 0.3) is 0 Å². The van der Waals surface area contributed by atoms with Crippen molar-refractivity contribution in [3.05, 3.63) is 53.9 Å². The van der Waals surface area contributed by atoms with E-state index in [-0.39, 0.29) is 0 Å². The number of piperidine rings is 1. The van der Waals surface area contributed by atoms with Crippen molar-refractivity contribution in [2.24, 2.45) is 0 Å². The summed E-state index contributed by atoms with van der Waals surface area (Å²) in [6.07, 6.45) is 10.9. The SMILES string of the molecule is CCc1nccc(CN2CCCCC2CCc2ccccn2)n1. The zero-order chi connectivity index (χ0) is 15.9. The van der Waals surface area contributed by atoms with E-state index < -0.39 is 0 Å². The van der Waals surface area contributed by atoms with Crippen molar-refractivity contribution in [3.63, 3.8) is 0 Å². The van der Waals surface area contributed by atoms with Crippen molar-refractivity contribution < 1.29 is 0 Å². The molecule has 1 aliphatic heterocycles. The molecule has 0 N–H and O–H groups in total. The number of hydrogen-bond donors (Lipinski definition) is 0. The summed E-state index contributed by atoms with van der Waals surface area (Å²) >= 11 is 0. The second kappa shape index (κ2) is 8.16. The molecule has 0 saturated carbocycles. The molecular weight excluding hydrogens is 284 g/mol. The van der Waals surface area contributed by atoms with E-state index in [1.54, 1.807) is 0 Å². The van der Waals surface area contributed by atoms with Crippen LogP contribution in [-0.2, 0) is 19.4 Å². The molecule has 1 unspecified atom stereocenters. The summed E-state index contributed by atoms with van der Waals surface area (Å²) in [5, 5.41) is 0. The van der Waals surface area contributed by atoms with Crippen LogP contribution in [0.15, 0.2) is 36.7 Å². The van der Waals surface area contributed by atoms with Crippen LogP contribution in [0.1, 0.15) is 49.8 Å². The van der Waals surface area contributed by atoms with Crippen molar-refractivity contribution in [3.8, 4) is 0 Å². The normalized spacial score (nSPS) is 18.9. The van der Waals surface area contributed by atoms with Gasteiger partial charge in [0, 0.05) is 37.1 Å². The first-order chi connectivity index (χ1) is 11.3. The molecule has 1 saturated heterocycles. The highest BCUT2D eigenvalue weighted by atomic mass is 15.2. The number of aromatic nitrogens is 3. The molecule has 0 spiro atoms. The maximum atomic E-state index is 4.67. The van der Waals surface area contributed by atoms with Gasteiger partial charge in [0.05, 0.1) is 5.69 Å². The van der Waals surface area contributed by atoms with Crippen LogP contribution in [0.5, 0.6) is 0 Å². The monoisotopic (exact) mass is 310 g/mol. The molecule has 0 aliphatic carbocycles. The van der Waals surface area contributed by atoms with E-state index in [1.165, 1.54) is 37.9 Å². The molecule has 0 amide bonds. The van der Waals surface area contributed by atoms with Gasteiger partial charge in [0.25, 0.3) is 0 Å². The topological polar surface area (TPSA) is 41.9 Å². The Morgan fingerprint density at radius 2 is 2.04 bits per heavy atom. The largest absolute Gasteiger partial charge is 0.295 e. The van der Waals surface area contributed by atoms with Gasteiger partial charge < -0.3 is 0 Å². The molecule has 23 heavy (non-hydrogen) atoms. The van der Waals surface area contributed by atoms with Crippen molar-refractivity contribution in [1.29, 1.82) is 0 Å². The third-order valence-electron chi connectivity index (χ3n) is 4.65. The molecule has 1 aliphatic rings. The lowest BCUT2D eigenvalue weighted by Crippen LogP contribution is -2.39. The third kappa shape index (κ3) is 4.58. The molecule has 0 aromatic carbocycles. The lowest BCUT2D eigenvalue weighted by Gasteiger charge is -2.35. The van der Waals surface area contributed by atoms with Gasteiger partial charge in [-0.15, -0.1) is 0 Å². The van der Waals surface area contributed by atoms with E-state index in [4.69, 9.17) is 0 Å². The molecule has 0 radical (unpaired) electrons. The van der Waals surface area contributed by atoms with Gasteiger partial charge in [-0.25, -0.2) is 9.97 Å². The number of pyridine rings is 1. The fourth-order valence-corrected chi connectivity index (χ4v) is 3.36. The standard InChI is InChI=1S/C19H26N4/c1-2-19-21-13-11-17(22-19)15-23-14-6-4-8-18(23)10-9-16-7-3-5-12-20-16/h3,5,7,11-13,18H,2,4,6,8-10,14-15H2,1H3. The summed E-state index contributed by atoms with van der Waals surface area (Å²) in [5.74, 6) is 0.949. The molecule has 1 fully saturated rings. The zero-order valence-electron chi connectivity index (χ0n) is 14.0. The Labute approximate surface area is 139 Å². The Morgan fingerprint density at radius 1 is 1.09 bits per heavy atom. The highest BCUT2D eigenvalue weighted by Gasteiger charge is 2.22. The van der Waals surface area contributed by atoms with Gasteiger partial charge in [0.2, 0.25) is 0 Å². The van der Waals surface area contributed by atoms with Gasteiger partial charge in [-0.2, -0.15) is 0 Å². The summed E-state index contributed by atoms with van der Waals surface area (Å²) in [4.78, 5) is 16.0. The zero-order valence-corrected chi connectivity index (χ0v) is 14.0. The van der Waals surface area contributed by atoms with Crippen molar-refractivity contribution in [1.82, 2.24) is 19.9 Å². The Kier molecular flexibility index (Phi) is 5.70. The summed E-state index contributed by atoms with van der Waals surface area (Å²) in [5.41, 5.74) is 2.36. The second-order valence-electron chi connectivity index (χ2n) is 6.30. The fraction of sp³-hybridized carbons (Fsp3) is 0.526. The Hall–Kier alpha value is -1.81. The maximum Gasteiger partial charge on any atom is 0.128 e. The van der Waals surface area contributed by atoms with Gasteiger partial charge in [-0.1, -0.05) is 19.4 Å². The van der Waals surface area contributed by atoms with Crippen LogP contribution in [0, 0.1) is 0 Å². The van der Waals surface area contributed by atoms with Crippen molar-refractivity contribution in [2.45, 2.75) is 58.0 Å². The predicted octanol–water partition coefficient (Wildman–Crippen LogP) is 3.42. The average molecular weight is 310 g/mol. The number of aryl methyl sites for hydroxylation is 2. The smallest absolute Gasteiger partial charge is 0.128 e. The Balaban J connectivity index is 1.61. The minimum atomic E-state index is 0.644. The van der Waals surface area contributed by atoms with E-state index in [9.17, 15) is 0 Å². The van der Waals surface area contributed by atoms with Crippen molar-refractivity contribution >= 4 is 0 Å². The first-order valence-electron chi connectivity index (χ1n) is 8.80. The van der Waals surface area contributed by atoms with Crippen LogP contribution >= 0.6 is 0 Å². The van der Waals surface area contributed by atoms with Gasteiger partial charge in [0.1, 0.15) is 5.82 Å². The van der Waals surface area contributed by atoms with E-state index in [0.717, 1.165) is 30.9 Å². The molecule has 1 atom stereocenters. The Morgan fingerprint density at radius 3 is 2.87 bits per heavy atom. The summed E-state index contributed by atoms with van der Waals surface area (Å²) in [6.45, 7) is 4.23. The fourth-order valence-electron chi connectivity index (χ4n) is 3.36. The third-order valence-corrected chi connectivity index (χ3v) is 4.65. The van der Waals surface area contributed by atoms with E-state index in [0.29, 0.717) is 6.04 Å². The predicted molar refractivity (Wildman–Crippen MR) is 92.0 cm³/mol. The van der Waals surface area contributed by atoms with Crippen LogP contribution < -0.4 is 0 Å². The van der Waals surface area contributed by atoms with E-state index in [1.807, 2.05) is 18.5 Å². The average Bonchev–Trinajstić information content (AvgIpc) is 2.62.